The summed E-state index contributed by atoms with van der Waals surface area (Å²) in [4.78, 5) is 65.3. The van der Waals surface area contributed by atoms with Crippen molar-refractivity contribution in [2.45, 2.75) is 203 Å². The van der Waals surface area contributed by atoms with Crippen LogP contribution in [-0.4, -0.2) is 205 Å². The van der Waals surface area contributed by atoms with Gasteiger partial charge in [0.2, 0.25) is 13.6 Å². The number of nitrogens with one attached hydrogen (secondary N) is 2. The molecule has 0 aromatic heterocycles. The minimum absolute atomic E-state index is 0.0311. The third-order valence-electron chi connectivity index (χ3n) is 26.5. The normalized spacial score (nSPS) is 27.4. The average Bonchev–Trinajstić information content (AvgIpc) is 0.853. The quantitative estimate of drug-likeness (QED) is 0.0532. The van der Waals surface area contributed by atoms with Gasteiger partial charge in [-0.1, -0.05) is 39.8 Å². The molecule has 4 saturated heterocycles. The number of benzene rings is 6. The molecule has 8 bridgehead atoms. The number of methoxy groups -OCH3 is 4. The molecule has 0 amide bonds. The lowest BCUT2D eigenvalue weighted by Gasteiger charge is -2.62. The van der Waals surface area contributed by atoms with Gasteiger partial charge in [-0.25, -0.2) is 9.59 Å². The molecule has 0 saturated carbocycles. The van der Waals surface area contributed by atoms with E-state index in [4.69, 9.17) is 75.8 Å². The number of thioether (sulfide) groups is 2. The van der Waals surface area contributed by atoms with Gasteiger partial charge >= 0.3 is 23.9 Å². The standard InChI is InChI=1S/C46H54N4O10S.C45H55N3O11S/c1-9-13-55-33-17-26-11-12-48-46(28(26)18-32(33)53-7)21-61-44-36-35(43-41(58-22-59-43)24(4)40(36)60-25(5)51)31(20-57-45(46)52)50-30(19-47)29-16-27-15-23(3)39(54-8)42(56-14-10-2)34(27)37(38(44)50)49(29)6;1-9-13-54-31-17-25-11-12-46-45(27(25)18-30(31)52-7)20-60-42-34-33(41-39(57-21-58-41)23(4)38(34)59-24(5)49)29(19-56-44(45)51)48-36(42)35-32-26(16-28(43(48)50)47(35)6)15-22(3)37(53-8)40(32)55-14-10-2/h15,17-18,29-31,37-38,44,48H,9-14,16,20-22H2,1-8H3;15,17-18,28-29,35-36,42-43,46,50H,9-14,16,19-21H2,1-8H3/t29-,30-,31-,37+,38?,44+,46+;28-,29-,35+,36?,42+,43-,45+/m00/s1. The van der Waals surface area contributed by atoms with Crippen molar-refractivity contribution in [1.29, 1.82) is 5.26 Å². The van der Waals surface area contributed by atoms with Crippen LogP contribution in [0.15, 0.2) is 36.4 Å². The molecular weight excluding hydrogens is 1590 g/mol. The lowest BCUT2D eigenvalue weighted by Crippen LogP contribution is -2.70. The number of aliphatic hydroxyl groups is 1. The minimum atomic E-state index is -1.29. The van der Waals surface area contributed by atoms with Crippen molar-refractivity contribution in [3.8, 4) is 86.6 Å². The van der Waals surface area contributed by atoms with E-state index in [1.54, 1.807) is 52.0 Å². The van der Waals surface area contributed by atoms with Crippen molar-refractivity contribution in [1.82, 2.24) is 30.2 Å². The van der Waals surface area contributed by atoms with Crippen molar-refractivity contribution in [2.75, 3.05) is 120 Å². The molecule has 14 aliphatic heterocycles. The highest BCUT2D eigenvalue weighted by Gasteiger charge is 2.65. The smallest absolute Gasteiger partial charge is 0.331 e. The van der Waals surface area contributed by atoms with Crippen LogP contribution < -0.4 is 76.9 Å². The van der Waals surface area contributed by atoms with E-state index >= 15 is 9.59 Å². The molecule has 6 aromatic carbocycles. The largest absolute Gasteiger partial charge is 0.493 e. The summed E-state index contributed by atoms with van der Waals surface area (Å²) < 4.78 is 100. The number of hydrogen-bond donors (Lipinski definition) is 3. The first-order chi connectivity index (χ1) is 58.5. The Morgan fingerprint density at radius 1 is 0.512 bits per heavy atom. The molecular formula is C91H109N7O21S2. The summed E-state index contributed by atoms with van der Waals surface area (Å²) >= 11 is 3.15. The van der Waals surface area contributed by atoms with Crippen LogP contribution in [0.4, 0.5) is 0 Å². The first-order valence-electron chi connectivity index (χ1n) is 42.3. The molecule has 121 heavy (non-hydrogen) atoms. The third-order valence-corrected chi connectivity index (χ3v) is 29.4. The number of nitrogens with zero attached hydrogens (tertiary/aromatic N) is 5. The molecule has 6 aromatic rings. The van der Waals surface area contributed by atoms with Gasteiger partial charge in [0.05, 0.1) is 102 Å². The number of carbonyl (C=O) groups excluding carboxylic acids is 4. The van der Waals surface area contributed by atoms with Gasteiger partial charge in [-0.3, -0.25) is 39.8 Å². The summed E-state index contributed by atoms with van der Waals surface area (Å²) in [5, 5.41) is 30.4. The maximum absolute atomic E-state index is 15.1. The second-order valence-corrected chi connectivity index (χ2v) is 35.6. The maximum Gasteiger partial charge on any atom is 0.331 e. The summed E-state index contributed by atoms with van der Waals surface area (Å²) in [6, 6.07) is 10.7. The van der Waals surface area contributed by atoms with Crippen molar-refractivity contribution < 1.29 is 100 Å². The van der Waals surface area contributed by atoms with E-state index < -0.39 is 81.9 Å². The topological polar surface area (TPSA) is 297 Å². The first-order valence-corrected chi connectivity index (χ1v) is 44.4. The fourth-order valence-electron chi connectivity index (χ4n) is 21.5. The predicted octanol–water partition coefficient (Wildman–Crippen LogP) is 11.7. The zero-order valence-corrected chi connectivity index (χ0v) is 73.3. The van der Waals surface area contributed by atoms with E-state index in [0.29, 0.717) is 168 Å². The van der Waals surface area contributed by atoms with E-state index in [0.717, 1.165) is 92.4 Å². The SMILES string of the molecule is CCCOc1cc2c(cc1OC)[C@@]1(CS[C@@H]3c4c(OC(C)=O)c(C)c5c(c4[C@H](COC1=O)N1C3[C@H]3c4c(cc(C)c(OC)c4OCCC)C[C@@H]([C@@H]1C#N)N3C)OCO5)NCC2.CCCOc1cc2c(cc1OC)[C@@]1(CS[C@@H]3c4c(OC(C)=O)c(C)c5c(c4[C@H](COC1=O)N1C3[C@H]3c4c(cc(C)c(OC)c4OCCC)C[C@@H]([C@@H]1O)N3C)OCO5)NCC2. The van der Waals surface area contributed by atoms with Crippen molar-refractivity contribution in [3.63, 3.8) is 0 Å². The van der Waals surface area contributed by atoms with Crippen molar-refractivity contribution in [2.24, 2.45) is 0 Å². The summed E-state index contributed by atoms with van der Waals surface area (Å²) in [5.74, 6) is 6.45. The highest BCUT2D eigenvalue weighted by atomic mass is 32.2. The number of aryl methyl sites for hydroxylation is 2. The summed E-state index contributed by atoms with van der Waals surface area (Å²) in [7, 11) is 10.7. The Hall–Kier alpha value is -9.29. The van der Waals surface area contributed by atoms with Crippen LogP contribution in [0.25, 0.3) is 0 Å². The number of esters is 4. The van der Waals surface area contributed by atoms with Crippen LogP contribution in [0.2, 0.25) is 0 Å². The van der Waals surface area contributed by atoms with Crippen LogP contribution in [0.3, 0.4) is 0 Å². The molecule has 2 unspecified atom stereocenters. The highest BCUT2D eigenvalue weighted by molar-refractivity contribution is 7.99. The molecule has 14 atom stereocenters. The molecule has 646 valence electrons. The van der Waals surface area contributed by atoms with E-state index in [2.05, 4.69) is 90.2 Å². The second-order valence-electron chi connectivity index (χ2n) is 33.3. The Balaban J connectivity index is 0.000000172. The number of ether oxygens (including phenoxy) is 16. The molecule has 14 aliphatic rings. The first kappa shape index (κ1) is 83.9. The minimum Gasteiger partial charge on any atom is -0.493 e. The lowest BCUT2D eigenvalue weighted by molar-refractivity contribution is -0.186. The van der Waals surface area contributed by atoms with Gasteiger partial charge in [0.25, 0.3) is 0 Å². The van der Waals surface area contributed by atoms with Crippen LogP contribution in [-0.2, 0) is 65.4 Å². The number of nitriles is 1. The van der Waals surface area contributed by atoms with Gasteiger partial charge in [-0.05, 0) is 162 Å². The Kier molecular flexibility index (Phi) is 23.2. The van der Waals surface area contributed by atoms with Crippen LogP contribution in [0, 0.1) is 39.0 Å². The monoisotopic (exact) mass is 1700 g/mol. The van der Waals surface area contributed by atoms with Gasteiger partial charge in [0, 0.05) is 101 Å². The van der Waals surface area contributed by atoms with E-state index in [-0.39, 0.29) is 62.5 Å². The average molecular weight is 1700 g/mol. The third kappa shape index (κ3) is 13.4. The van der Waals surface area contributed by atoms with E-state index in [1.807, 2.05) is 52.0 Å². The maximum atomic E-state index is 15.1. The number of hydrogen-bond acceptors (Lipinski definition) is 30. The number of fused-ring (bicyclic) bond motifs is 18. The molecule has 2 spiro atoms. The lowest BCUT2D eigenvalue weighted by atomic mass is 9.71. The van der Waals surface area contributed by atoms with E-state index in [9.17, 15) is 20.0 Å². The Morgan fingerprint density at radius 3 is 1.35 bits per heavy atom. The Labute approximate surface area is 714 Å². The van der Waals surface area contributed by atoms with Gasteiger partial charge in [-0.2, -0.15) is 5.26 Å². The number of likely N-dealkylation sites (N-methyl/N-ethyl adjacent to an activating group) is 2. The molecule has 30 heteroatoms. The number of piperazine rings is 2. The molecule has 4 fully saturated rings. The molecule has 3 N–H and O–H groups in total. The van der Waals surface area contributed by atoms with Gasteiger partial charge < -0.3 is 80.9 Å². The molecule has 14 heterocycles. The predicted molar refractivity (Wildman–Crippen MR) is 449 cm³/mol. The fourth-order valence-corrected chi connectivity index (χ4v) is 24.8. The van der Waals surface area contributed by atoms with Crippen molar-refractivity contribution in [3.05, 3.63) is 125 Å². The molecule has 0 aliphatic carbocycles. The van der Waals surface area contributed by atoms with E-state index in [1.165, 1.54) is 13.8 Å². The van der Waals surface area contributed by atoms with Gasteiger partial charge in [0.1, 0.15) is 37.0 Å². The number of rotatable bonds is 18. The van der Waals surface area contributed by atoms with Crippen LogP contribution in [0.5, 0.6) is 80.5 Å². The number of aliphatic hydroxyl groups excluding tert-OH is 1. The molecule has 28 nitrogen and oxygen atoms in total. The van der Waals surface area contributed by atoms with Crippen LogP contribution >= 0.6 is 23.5 Å². The summed E-state index contributed by atoms with van der Waals surface area (Å²) in [6.45, 7) is 21.7. The zero-order chi connectivity index (χ0) is 85.1. The highest BCUT2D eigenvalue weighted by Crippen LogP contribution is 2.68. The molecule has 20 rings (SSSR count). The van der Waals surface area contributed by atoms with Gasteiger partial charge in [-0.15, -0.1) is 23.5 Å². The van der Waals surface area contributed by atoms with Crippen LogP contribution in [0.1, 0.15) is 191 Å². The summed E-state index contributed by atoms with van der Waals surface area (Å²) in [6.07, 6.45) is 4.76. The Bertz CT molecular complexity index is 5200. The zero-order valence-electron chi connectivity index (χ0n) is 71.7. The van der Waals surface area contributed by atoms with Gasteiger partial charge in [0.15, 0.2) is 80.1 Å². The second kappa shape index (κ2) is 33.4. The fraction of sp³-hybridized carbons (Fsp3) is 0.549. The summed E-state index contributed by atoms with van der Waals surface area (Å²) in [5.41, 5.74) is 11.2. The number of carbonyl (C=O) groups is 4. The Morgan fingerprint density at radius 2 is 0.926 bits per heavy atom. The van der Waals surface area contributed by atoms with Crippen molar-refractivity contribution >= 4 is 47.4 Å². The molecule has 0 radical (unpaired) electrons.